The summed E-state index contributed by atoms with van der Waals surface area (Å²) in [4.78, 5) is 2.66. The predicted octanol–water partition coefficient (Wildman–Crippen LogP) is 1.65. The summed E-state index contributed by atoms with van der Waals surface area (Å²) in [5.41, 5.74) is 0.303. The SMILES string of the molecule is S=C(NCC1(N2CCOCC2)CCCCC1)NC1CC1. The lowest BCUT2D eigenvalue weighted by atomic mass is 9.80. The maximum absolute atomic E-state index is 5.52. The van der Waals surface area contributed by atoms with Crippen LogP contribution in [0.4, 0.5) is 0 Å². The van der Waals surface area contributed by atoms with E-state index in [1.807, 2.05) is 0 Å². The summed E-state index contributed by atoms with van der Waals surface area (Å²) < 4.78 is 5.52. The molecule has 4 nitrogen and oxygen atoms in total. The van der Waals surface area contributed by atoms with E-state index in [2.05, 4.69) is 15.5 Å². The van der Waals surface area contributed by atoms with Crippen LogP contribution in [0.3, 0.4) is 0 Å². The molecular formula is C15H27N3OS. The predicted molar refractivity (Wildman–Crippen MR) is 85.0 cm³/mol. The smallest absolute Gasteiger partial charge is 0.166 e. The van der Waals surface area contributed by atoms with Crippen LogP contribution in [0.25, 0.3) is 0 Å². The highest BCUT2D eigenvalue weighted by molar-refractivity contribution is 7.80. The number of hydrogen-bond donors (Lipinski definition) is 2. The van der Waals surface area contributed by atoms with Gasteiger partial charge in [-0.3, -0.25) is 4.90 Å². The van der Waals surface area contributed by atoms with E-state index in [-0.39, 0.29) is 0 Å². The van der Waals surface area contributed by atoms with Crippen molar-refractivity contribution in [1.82, 2.24) is 15.5 Å². The van der Waals surface area contributed by atoms with E-state index >= 15 is 0 Å². The van der Waals surface area contributed by atoms with Gasteiger partial charge in [-0.05, 0) is 37.9 Å². The third-order valence-electron chi connectivity index (χ3n) is 4.96. The van der Waals surface area contributed by atoms with Gasteiger partial charge >= 0.3 is 0 Å². The third kappa shape index (κ3) is 3.62. The zero-order chi connectivity index (χ0) is 13.8. The molecule has 3 aliphatic rings. The van der Waals surface area contributed by atoms with Crippen molar-refractivity contribution in [3.8, 4) is 0 Å². The summed E-state index contributed by atoms with van der Waals surface area (Å²) in [6.45, 7) is 4.90. The number of thiocarbonyl (C=S) groups is 1. The fourth-order valence-corrected chi connectivity index (χ4v) is 3.80. The average molecular weight is 297 g/mol. The van der Waals surface area contributed by atoms with Crippen LogP contribution in [0.1, 0.15) is 44.9 Å². The van der Waals surface area contributed by atoms with Gasteiger partial charge in [0.05, 0.1) is 13.2 Å². The highest BCUT2D eigenvalue weighted by Gasteiger charge is 2.38. The van der Waals surface area contributed by atoms with Crippen molar-refractivity contribution < 1.29 is 4.74 Å². The zero-order valence-electron chi connectivity index (χ0n) is 12.3. The Labute approximate surface area is 127 Å². The maximum atomic E-state index is 5.52. The second-order valence-electron chi connectivity index (χ2n) is 6.49. The van der Waals surface area contributed by atoms with Crippen molar-refractivity contribution in [2.24, 2.45) is 0 Å². The molecule has 2 aliphatic carbocycles. The van der Waals surface area contributed by atoms with Crippen LogP contribution in [0.15, 0.2) is 0 Å². The van der Waals surface area contributed by atoms with Gasteiger partial charge in [-0.2, -0.15) is 0 Å². The number of morpholine rings is 1. The second-order valence-corrected chi connectivity index (χ2v) is 6.89. The molecule has 0 amide bonds. The zero-order valence-corrected chi connectivity index (χ0v) is 13.1. The van der Waals surface area contributed by atoms with Crippen LogP contribution in [0.2, 0.25) is 0 Å². The first-order valence-electron chi connectivity index (χ1n) is 8.16. The number of hydrogen-bond acceptors (Lipinski definition) is 3. The first-order valence-corrected chi connectivity index (χ1v) is 8.57. The second kappa shape index (κ2) is 6.58. The lowest BCUT2D eigenvalue weighted by molar-refractivity contribution is -0.0352. The molecular weight excluding hydrogens is 270 g/mol. The fraction of sp³-hybridized carbons (Fsp3) is 0.933. The number of nitrogens with one attached hydrogen (secondary N) is 2. The molecule has 1 saturated heterocycles. The molecule has 0 atom stereocenters. The molecule has 2 N–H and O–H groups in total. The minimum Gasteiger partial charge on any atom is -0.379 e. The molecule has 1 aliphatic heterocycles. The Balaban J connectivity index is 1.57. The minimum absolute atomic E-state index is 0.303. The van der Waals surface area contributed by atoms with Gasteiger partial charge in [0.25, 0.3) is 0 Å². The standard InChI is InChI=1S/C15H27N3OS/c20-14(17-13-4-5-13)16-12-15(6-2-1-3-7-15)18-8-10-19-11-9-18/h13H,1-12H2,(H2,16,17,20). The maximum Gasteiger partial charge on any atom is 0.166 e. The van der Waals surface area contributed by atoms with E-state index in [0.29, 0.717) is 11.6 Å². The Morgan fingerprint density at radius 2 is 1.85 bits per heavy atom. The van der Waals surface area contributed by atoms with Gasteiger partial charge in [0.15, 0.2) is 5.11 Å². The van der Waals surface area contributed by atoms with E-state index in [4.69, 9.17) is 17.0 Å². The van der Waals surface area contributed by atoms with Gasteiger partial charge in [-0.25, -0.2) is 0 Å². The number of ether oxygens (including phenoxy) is 1. The van der Waals surface area contributed by atoms with Gasteiger partial charge in [0.2, 0.25) is 0 Å². The van der Waals surface area contributed by atoms with Crippen LogP contribution < -0.4 is 10.6 Å². The van der Waals surface area contributed by atoms with Gasteiger partial charge in [0.1, 0.15) is 0 Å². The van der Waals surface area contributed by atoms with Crippen LogP contribution in [0.5, 0.6) is 0 Å². The Kier molecular flexibility index (Phi) is 4.79. The van der Waals surface area contributed by atoms with E-state index in [9.17, 15) is 0 Å². The molecule has 3 rings (SSSR count). The number of nitrogens with zero attached hydrogens (tertiary/aromatic N) is 1. The van der Waals surface area contributed by atoms with Gasteiger partial charge in [-0.1, -0.05) is 19.3 Å². The summed E-state index contributed by atoms with van der Waals surface area (Å²) in [5, 5.41) is 7.74. The molecule has 2 saturated carbocycles. The summed E-state index contributed by atoms with van der Waals surface area (Å²) in [6.07, 6.45) is 9.23. The lowest BCUT2D eigenvalue weighted by Crippen LogP contribution is -2.60. The minimum atomic E-state index is 0.303. The molecule has 0 bridgehead atoms. The van der Waals surface area contributed by atoms with Crippen molar-refractivity contribution in [1.29, 1.82) is 0 Å². The van der Waals surface area contributed by atoms with Crippen LogP contribution in [-0.4, -0.2) is 54.4 Å². The molecule has 0 aromatic heterocycles. The van der Waals surface area contributed by atoms with E-state index in [1.165, 1.54) is 44.9 Å². The first kappa shape index (κ1) is 14.5. The monoisotopic (exact) mass is 297 g/mol. The molecule has 114 valence electrons. The molecule has 0 radical (unpaired) electrons. The van der Waals surface area contributed by atoms with E-state index in [1.54, 1.807) is 0 Å². The van der Waals surface area contributed by atoms with Gasteiger partial charge in [-0.15, -0.1) is 0 Å². The van der Waals surface area contributed by atoms with Gasteiger partial charge < -0.3 is 15.4 Å². The summed E-state index contributed by atoms with van der Waals surface area (Å²) >= 11 is 5.42. The lowest BCUT2D eigenvalue weighted by Gasteiger charge is -2.48. The van der Waals surface area contributed by atoms with Crippen LogP contribution in [-0.2, 0) is 4.74 Å². The van der Waals surface area contributed by atoms with E-state index in [0.717, 1.165) is 38.0 Å². The van der Waals surface area contributed by atoms with E-state index < -0.39 is 0 Å². The molecule has 0 unspecified atom stereocenters. The summed E-state index contributed by atoms with van der Waals surface area (Å²) in [6, 6.07) is 0.640. The van der Waals surface area contributed by atoms with Crippen molar-refractivity contribution in [3.05, 3.63) is 0 Å². The largest absolute Gasteiger partial charge is 0.379 e. The third-order valence-corrected chi connectivity index (χ3v) is 5.22. The Morgan fingerprint density at radius 1 is 1.15 bits per heavy atom. The molecule has 0 spiro atoms. The Bertz CT molecular complexity index is 334. The number of rotatable bonds is 4. The Hall–Kier alpha value is -0.390. The summed E-state index contributed by atoms with van der Waals surface area (Å²) in [5.74, 6) is 0. The highest BCUT2D eigenvalue weighted by Crippen LogP contribution is 2.33. The van der Waals surface area contributed by atoms with Crippen LogP contribution in [0, 0.1) is 0 Å². The molecule has 3 fully saturated rings. The van der Waals surface area contributed by atoms with Gasteiger partial charge in [0, 0.05) is 31.2 Å². The topological polar surface area (TPSA) is 36.5 Å². The molecule has 0 aromatic carbocycles. The summed E-state index contributed by atoms with van der Waals surface area (Å²) in [7, 11) is 0. The van der Waals surface area contributed by atoms with Crippen molar-refractivity contribution in [2.75, 3.05) is 32.8 Å². The highest BCUT2D eigenvalue weighted by atomic mass is 32.1. The average Bonchev–Trinajstić information content (AvgIpc) is 3.31. The molecule has 5 heteroatoms. The fourth-order valence-electron chi connectivity index (χ4n) is 3.56. The quantitative estimate of drug-likeness (QED) is 0.772. The normalized spacial score (nSPS) is 27.0. The Morgan fingerprint density at radius 3 is 2.50 bits per heavy atom. The first-order chi connectivity index (χ1) is 9.78. The van der Waals surface area contributed by atoms with Crippen LogP contribution >= 0.6 is 12.2 Å². The molecule has 0 aromatic rings. The van der Waals surface area contributed by atoms with Crippen molar-refractivity contribution in [3.63, 3.8) is 0 Å². The molecule has 20 heavy (non-hydrogen) atoms. The molecule has 1 heterocycles. The van der Waals surface area contributed by atoms with Crippen molar-refractivity contribution >= 4 is 17.3 Å². The van der Waals surface area contributed by atoms with Crippen molar-refractivity contribution in [2.45, 2.75) is 56.5 Å².